The van der Waals surface area contributed by atoms with Crippen molar-refractivity contribution in [2.75, 3.05) is 19.8 Å². The average molecular weight is 482 g/mol. The van der Waals surface area contributed by atoms with Crippen LogP contribution in [0.15, 0.2) is 66.7 Å². The van der Waals surface area contributed by atoms with Crippen LogP contribution in [0.25, 0.3) is 22.2 Å². The van der Waals surface area contributed by atoms with Crippen LogP contribution >= 0.6 is 0 Å². The number of carbonyl (C=O) groups excluding carboxylic acids is 1. The van der Waals surface area contributed by atoms with Crippen LogP contribution in [0.2, 0.25) is 0 Å². The number of hydrogen-bond donors (Lipinski definition) is 1. The first-order valence-corrected chi connectivity index (χ1v) is 12.9. The summed E-state index contributed by atoms with van der Waals surface area (Å²) in [5.74, 6) is 1.11. The van der Waals surface area contributed by atoms with Gasteiger partial charge in [0.1, 0.15) is 5.82 Å². The highest BCUT2D eigenvalue weighted by Gasteiger charge is 2.40. The number of hydrogen-bond acceptors (Lipinski definition) is 3. The van der Waals surface area contributed by atoms with Gasteiger partial charge in [0.05, 0.1) is 16.4 Å². The molecule has 5 nitrogen and oxygen atoms in total. The van der Waals surface area contributed by atoms with Gasteiger partial charge in [-0.05, 0) is 61.9 Å². The highest BCUT2D eigenvalue weighted by atomic mass is 16.5. The van der Waals surface area contributed by atoms with Gasteiger partial charge >= 0.3 is 0 Å². The van der Waals surface area contributed by atoms with Gasteiger partial charge in [-0.3, -0.25) is 4.79 Å². The van der Waals surface area contributed by atoms with Gasteiger partial charge < -0.3 is 14.6 Å². The Hall–Kier alpha value is -3.44. The van der Waals surface area contributed by atoms with E-state index >= 15 is 0 Å². The number of rotatable bonds is 7. The lowest BCUT2D eigenvalue weighted by atomic mass is 9.74. The molecule has 0 unspecified atom stereocenters. The SMILES string of the molecule is Cc1cc(C)cc(-c2cccc(CC3(C(=O)NCCc4nc5ccccc5n4C)CCOCC3)c2)c1. The van der Waals surface area contributed by atoms with Gasteiger partial charge in [0.15, 0.2) is 0 Å². The zero-order valence-corrected chi connectivity index (χ0v) is 21.5. The topological polar surface area (TPSA) is 56.2 Å². The fourth-order valence-corrected chi connectivity index (χ4v) is 5.53. The van der Waals surface area contributed by atoms with Gasteiger partial charge in [0, 0.05) is 33.2 Å². The Kier molecular flexibility index (Phi) is 6.92. The van der Waals surface area contributed by atoms with E-state index in [2.05, 4.69) is 72.3 Å². The summed E-state index contributed by atoms with van der Waals surface area (Å²) in [7, 11) is 2.04. The number of aryl methyl sites for hydroxylation is 3. The molecule has 1 saturated heterocycles. The molecule has 1 aliphatic heterocycles. The van der Waals surface area contributed by atoms with E-state index in [1.165, 1.54) is 27.8 Å². The van der Waals surface area contributed by atoms with Crippen LogP contribution in [0, 0.1) is 19.3 Å². The molecule has 1 aromatic heterocycles. The molecule has 3 aromatic carbocycles. The van der Waals surface area contributed by atoms with Gasteiger partial charge in [0.2, 0.25) is 5.91 Å². The van der Waals surface area contributed by atoms with Crippen molar-refractivity contribution in [1.82, 2.24) is 14.9 Å². The number of nitrogens with zero attached hydrogens (tertiary/aromatic N) is 2. The van der Waals surface area contributed by atoms with Crippen molar-refractivity contribution in [3.8, 4) is 11.1 Å². The largest absolute Gasteiger partial charge is 0.381 e. The third kappa shape index (κ3) is 5.07. The second-order valence-corrected chi connectivity index (χ2v) is 10.2. The van der Waals surface area contributed by atoms with Crippen molar-refractivity contribution in [3.63, 3.8) is 0 Å². The van der Waals surface area contributed by atoms with Crippen LogP contribution in [0.5, 0.6) is 0 Å². The molecule has 0 bridgehead atoms. The van der Waals surface area contributed by atoms with E-state index in [4.69, 9.17) is 9.72 Å². The van der Waals surface area contributed by atoms with Crippen molar-refractivity contribution in [2.45, 2.75) is 39.5 Å². The summed E-state index contributed by atoms with van der Waals surface area (Å²) in [6, 6.07) is 23.5. The van der Waals surface area contributed by atoms with Gasteiger partial charge in [0.25, 0.3) is 0 Å². The molecule has 1 amide bonds. The summed E-state index contributed by atoms with van der Waals surface area (Å²) >= 11 is 0. The van der Waals surface area contributed by atoms with Crippen LogP contribution in [0.1, 0.15) is 35.4 Å². The van der Waals surface area contributed by atoms with E-state index in [9.17, 15) is 4.79 Å². The maximum absolute atomic E-state index is 13.6. The van der Waals surface area contributed by atoms with Crippen molar-refractivity contribution in [3.05, 3.63) is 89.2 Å². The van der Waals surface area contributed by atoms with Crippen molar-refractivity contribution in [2.24, 2.45) is 12.5 Å². The Balaban J connectivity index is 1.31. The van der Waals surface area contributed by atoms with Gasteiger partial charge in [-0.2, -0.15) is 0 Å². The molecule has 186 valence electrons. The molecule has 4 aromatic rings. The highest BCUT2D eigenvalue weighted by molar-refractivity contribution is 5.83. The minimum atomic E-state index is -0.453. The van der Waals surface area contributed by atoms with Crippen LogP contribution < -0.4 is 5.32 Å². The third-order valence-corrected chi connectivity index (χ3v) is 7.47. The number of para-hydroxylation sites is 2. The second kappa shape index (κ2) is 10.3. The summed E-state index contributed by atoms with van der Waals surface area (Å²) in [5.41, 5.74) is 7.79. The lowest BCUT2D eigenvalue weighted by Gasteiger charge is -2.36. The summed E-state index contributed by atoms with van der Waals surface area (Å²) in [4.78, 5) is 18.4. The standard InChI is InChI=1S/C31H35N3O2/c1-22-17-23(2)19-26(18-22)25-8-6-7-24(20-25)21-31(12-15-36-16-13-31)30(35)32-14-11-29-33-27-9-4-5-10-28(27)34(29)3/h4-10,17-20H,11-16,21H2,1-3H3,(H,32,35). The van der Waals surface area contributed by atoms with E-state index in [1.807, 2.05) is 25.2 Å². The summed E-state index contributed by atoms with van der Waals surface area (Å²) in [6.45, 7) is 6.08. The number of fused-ring (bicyclic) bond motifs is 1. The third-order valence-electron chi connectivity index (χ3n) is 7.47. The maximum atomic E-state index is 13.6. The molecule has 1 aliphatic rings. The number of benzene rings is 3. The molecular formula is C31H35N3O2. The Morgan fingerprint density at radius 3 is 2.47 bits per heavy atom. The minimum Gasteiger partial charge on any atom is -0.381 e. The van der Waals surface area contributed by atoms with Crippen LogP contribution in [-0.4, -0.2) is 35.2 Å². The number of aromatic nitrogens is 2. The molecule has 0 spiro atoms. The number of amides is 1. The Morgan fingerprint density at radius 1 is 0.972 bits per heavy atom. The lowest BCUT2D eigenvalue weighted by Crippen LogP contribution is -2.46. The van der Waals surface area contributed by atoms with Crippen molar-refractivity contribution < 1.29 is 9.53 Å². The molecule has 0 atom stereocenters. The first-order valence-electron chi connectivity index (χ1n) is 12.9. The summed E-state index contributed by atoms with van der Waals surface area (Å²) < 4.78 is 7.78. The molecule has 5 heteroatoms. The number of nitrogens with one attached hydrogen (secondary N) is 1. The van der Waals surface area contributed by atoms with Gasteiger partial charge in [-0.1, -0.05) is 65.7 Å². The molecular weight excluding hydrogens is 446 g/mol. The first-order chi connectivity index (χ1) is 17.4. The fraction of sp³-hybridized carbons (Fsp3) is 0.355. The quantitative estimate of drug-likeness (QED) is 0.376. The molecule has 1 fully saturated rings. The molecule has 0 aliphatic carbocycles. The minimum absolute atomic E-state index is 0.126. The monoisotopic (exact) mass is 481 g/mol. The molecule has 0 radical (unpaired) electrons. The number of carbonyl (C=O) groups is 1. The molecule has 2 heterocycles. The lowest BCUT2D eigenvalue weighted by molar-refractivity contribution is -0.136. The predicted octanol–water partition coefficient (Wildman–Crippen LogP) is 5.56. The van der Waals surface area contributed by atoms with E-state index in [1.54, 1.807) is 0 Å². The zero-order valence-electron chi connectivity index (χ0n) is 21.5. The van der Waals surface area contributed by atoms with E-state index in [0.29, 0.717) is 32.6 Å². The Bertz CT molecular complexity index is 1360. The summed E-state index contributed by atoms with van der Waals surface area (Å²) in [5, 5.41) is 3.25. The van der Waals surface area contributed by atoms with Gasteiger partial charge in [-0.25, -0.2) is 4.98 Å². The fourth-order valence-electron chi connectivity index (χ4n) is 5.53. The summed E-state index contributed by atoms with van der Waals surface area (Å²) in [6.07, 6.45) is 2.89. The van der Waals surface area contributed by atoms with E-state index in [-0.39, 0.29) is 5.91 Å². The molecule has 0 saturated carbocycles. The van der Waals surface area contributed by atoms with Crippen LogP contribution in [0.3, 0.4) is 0 Å². The van der Waals surface area contributed by atoms with Crippen molar-refractivity contribution >= 4 is 16.9 Å². The normalized spacial score (nSPS) is 15.2. The predicted molar refractivity (Wildman–Crippen MR) is 145 cm³/mol. The zero-order chi connectivity index (χ0) is 25.1. The van der Waals surface area contributed by atoms with Crippen LogP contribution in [-0.2, 0) is 29.4 Å². The van der Waals surface area contributed by atoms with E-state index in [0.717, 1.165) is 29.7 Å². The molecule has 36 heavy (non-hydrogen) atoms. The first kappa shape index (κ1) is 24.3. The highest BCUT2D eigenvalue weighted by Crippen LogP contribution is 2.36. The van der Waals surface area contributed by atoms with Gasteiger partial charge in [-0.15, -0.1) is 0 Å². The second-order valence-electron chi connectivity index (χ2n) is 10.2. The average Bonchev–Trinajstić information content (AvgIpc) is 3.19. The van der Waals surface area contributed by atoms with Crippen molar-refractivity contribution in [1.29, 1.82) is 0 Å². The number of imidazole rings is 1. The Labute approximate surface area is 213 Å². The van der Waals surface area contributed by atoms with Crippen LogP contribution in [0.4, 0.5) is 0 Å². The smallest absolute Gasteiger partial charge is 0.226 e. The Morgan fingerprint density at radius 2 is 1.72 bits per heavy atom. The maximum Gasteiger partial charge on any atom is 0.226 e. The molecule has 5 rings (SSSR count). The number of ether oxygens (including phenoxy) is 1. The van der Waals surface area contributed by atoms with E-state index < -0.39 is 5.41 Å². The molecule has 1 N–H and O–H groups in total.